The van der Waals surface area contributed by atoms with Crippen LogP contribution in [0, 0.1) is 0 Å². The highest BCUT2D eigenvalue weighted by Gasteiger charge is 2.36. The van der Waals surface area contributed by atoms with Crippen LogP contribution in [0.1, 0.15) is 51.8 Å². The van der Waals surface area contributed by atoms with Crippen LogP contribution in [0.4, 0.5) is 0 Å². The Hall–Kier alpha value is -2.93. The van der Waals surface area contributed by atoms with Gasteiger partial charge in [0.1, 0.15) is 12.3 Å². The van der Waals surface area contributed by atoms with Crippen molar-refractivity contribution in [2.45, 2.75) is 25.3 Å². The molecule has 1 aromatic heterocycles. The molecule has 146 valence electrons. The summed E-state index contributed by atoms with van der Waals surface area (Å²) in [5.41, 5.74) is 0.698. The Balaban J connectivity index is 1.39. The van der Waals surface area contributed by atoms with Crippen LogP contribution < -0.4 is 5.32 Å². The number of furan rings is 1. The first kappa shape index (κ1) is 18.4. The number of piperidine rings is 1. The highest BCUT2D eigenvalue weighted by molar-refractivity contribution is 6.22. The molecule has 1 atom stereocenters. The van der Waals surface area contributed by atoms with Crippen molar-refractivity contribution in [1.29, 1.82) is 0 Å². The van der Waals surface area contributed by atoms with E-state index >= 15 is 0 Å². The lowest BCUT2D eigenvalue weighted by Gasteiger charge is -2.33. The number of carbonyl (C=O) groups is 3. The van der Waals surface area contributed by atoms with E-state index in [-0.39, 0.29) is 18.5 Å². The van der Waals surface area contributed by atoms with Crippen LogP contribution in [-0.2, 0) is 4.79 Å². The summed E-state index contributed by atoms with van der Waals surface area (Å²) in [6.45, 7) is 2.01. The first-order chi connectivity index (χ1) is 13.6. The van der Waals surface area contributed by atoms with E-state index in [1.807, 2.05) is 12.1 Å². The van der Waals surface area contributed by atoms with Gasteiger partial charge in [-0.1, -0.05) is 18.6 Å². The predicted octanol–water partition coefficient (Wildman–Crippen LogP) is 2.22. The van der Waals surface area contributed by atoms with E-state index in [0.29, 0.717) is 17.7 Å². The Morgan fingerprint density at radius 2 is 1.68 bits per heavy atom. The maximum Gasteiger partial charge on any atom is 0.262 e. The summed E-state index contributed by atoms with van der Waals surface area (Å²) >= 11 is 0. The Morgan fingerprint density at radius 1 is 1.00 bits per heavy atom. The normalized spacial score (nSPS) is 18.2. The van der Waals surface area contributed by atoms with Gasteiger partial charge in [0.05, 0.1) is 23.4 Å². The van der Waals surface area contributed by atoms with Crippen LogP contribution in [-0.4, -0.2) is 53.7 Å². The zero-order valence-electron chi connectivity index (χ0n) is 15.6. The molecular formula is C21H23N3O4. The molecule has 28 heavy (non-hydrogen) atoms. The van der Waals surface area contributed by atoms with Gasteiger partial charge in [-0.15, -0.1) is 0 Å². The van der Waals surface area contributed by atoms with E-state index in [9.17, 15) is 14.4 Å². The molecule has 3 heterocycles. The molecule has 0 saturated carbocycles. The molecule has 0 spiro atoms. The monoisotopic (exact) mass is 381 g/mol. The Bertz CT molecular complexity index is 837. The third-order valence-electron chi connectivity index (χ3n) is 5.38. The number of fused-ring (bicyclic) bond motifs is 1. The van der Waals surface area contributed by atoms with Gasteiger partial charge >= 0.3 is 0 Å². The van der Waals surface area contributed by atoms with Gasteiger partial charge in [-0.25, -0.2) is 0 Å². The molecule has 1 N–H and O–H groups in total. The molecule has 0 aliphatic carbocycles. The van der Waals surface area contributed by atoms with Gasteiger partial charge < -0.3 is 9.73 Å². The van der Waals surface area contributed by atoms with Crippen LogP contribution >= 0.6 is 0 Å². The minimum atomic E-state index is -0.422. The molecule has 2 aliphatic heterocycles. The lowest BCUT2D eigenvalue weighted by Crippen LogP contribution is -2.44. The fourth-order valence-corrected chi connectivity index (χ4v) is 3.91. The first-order valence-corrected chi connectivity index (χ1v) is 9.64. The number of hydrogen-bond donors (Lipinski definition) is 1. The standard InChI is InChI=1S/C21H23N3O4/c25-19(14-24-20(26)15-7-2-3-8-16(15)21(24)27)22-13-17(18-9-6-12-28-18)23-10-4-1-5-11-23/h2-3,6-9,12,17H,1,4-5,10-11,13-14H2,(H,22,25). The fourth-order valence-electron chi connectivity index (χ4n) is 3.91. The average Bonchev–Trinajstić information content (AvgIpc) is 3.33. The molecule has 4 rings (SSSR count). The lowest BCUT2D eigenvalue weighted by atomic mass is 10.1. The molecule has 7 heteroatoms. The highest BCUT2D eigenvalue weighted by Crippen LogP contribution is 2.25. The number of rotatable bonds is 6. The average molecular weight is 381 g/mol. The lowest BCUT2D eigenvalue weighted by molar-refractivity contribution is -0.121. The van der Waals surface area contributed by atoms with Crippen molar-refractivity contribution in [1.82, 2.24) is 15.1 Å². The molecule has 1 fully saturated rings. The van der Waals surface area contributed by atoms with Crippen molar-refractivity contribution >= 4 is 17.7 Å². The van der Waals surface area contributed by atoms with E-state index in [1.54, 1.807) is 30.5 Å². The van der Waals surface area contributed by atoms with Crippen molar-refractivity contribution in [3.63, 3.8) is 0 Å². The van der Waals surface area contributed by atoms with E-state index in [0.717, 1.165) is 36.6 Å². The van der Waals surface area contributed by atoms with Crippen molar-refractivity contribution < 1.29 is 18.8 Å². The number of benzene rings is 1. The number of carbonyl (C=O) groups excluding carboxylic acids is 3. The van der Waals surface area contributed by atoms with Gasteiger partial charge in [-0.3, -0.25) is 24.2 Å². The van der Waals surface area contributed by atoms with Gasteiger partial charge in [0.15, 0.2) is 0 Å². The minimum absolute atomic E-state index is 0.0542. The second-order valence-electron chi connectivity index (χ2n) is 7.17. The van der Waals surface area contributed by atoms with Crippen molar-refractivity contribution in [2.75, 3.05) is 26.2 Å². The van der Waals surface area contributed by atoms with Crippen LogP contribution in [0.25, 0.3) is 0 Å². The number of nitrogens with one attached hydrogen (secondary N) is 1. The second-order valence-corrected chi connectivity index (χ2v) is 7.17. The largest absolute Gasteiger partial charge is 0.468 e. The van der Waals surface area contributed by atoms with Crippen LogP contribution in [0.15, 0.2) is 47.1 Å². The quantitative estimate of drug-likeness (QED) is 0.776. The van der Waals surface area contributed by atoms with Gasteiger partial charge in [0, 0.05) is 6.54 Å². The summed E-state index contributed by atoms with van der Waals surface area (Å²) in [5, 5.41) is 2.88. The summed E-state index contributed by atoms with van der Waals surface area (Å²) < 4.78 is 5.58. The number of imide groups is 1. The molecule has 1 saturated heterocycles. The van der Waals surface area contributed by atoms with Crippen molar-refractivity contribution in [2.24, 2.45) is 0 Å². The summed E-state index contributed by atoms with van der Waals surface area (Å²) in [6, 6.07) is 10.3. The molecule has 7 nitrogen and oxygen atoms in total. The topological polar surface area (TPSA) is 82.9 Å². The van der Waals surface area contributed by atoms with Gasteiger partial charge in [0.2, 0.25) is 5.91 Å². The smallest absolute Gasteiger partial charge is 0.262 e. The molecule has 3 amide bonds. The van der Waals surface area contributed by atoms with E-state index < -0.39 is 11.8 Å². The number of hydrogen-bond acceptors (Lipinski definition) is 5. The zero-order chi connectivity index (χ0) is 19.5. The molecule has 0 bridgehead atoms. The molecule has 1 aromatic carbocycles. The minimum Gasteiger partial charge on any atom is -0.468 e. The molecule has 1 unspecified atom stereocenters. The zero-order valence-corrected chi connectivity index (χ0v) is 15.6. The van der Waals surface area contributed by atoms with E-state index in [4.69, 9.17) is 4.42 Å². The summed E-state index contributed by atoms with van der Waals surface area (Å²) in [6.07, 6.45) is 5.10. The number of likely N-dealkylation sites (tertiary alicyclic amines) is 1. The SMILES string of the molecule is O=C(CN1C(=O)c2ccccc2C1=O)NCC(c1ccco1)N1CCCCC1. The van der Waals surface area contributed by atoms with Crippen molar-refractivity contribution in [3.8, 4) is 0 Å². The van der Waals surface area contributed by atoms with Crippen molar-refractivity contribution in [3.05, 3.63) is 59.5 Å². The van der Waals surface area contributed by atoms with Crippen LogP contribution in [0.3, 0.4) is 0 Å². The molecule has 2 aromatic rings. The Labute approximate surface area is 163 Å². The maximum absolute atomic E-state index is 12.5. The third kappa shape index (κ3) is 3.57. The summed E-state index contributed by atoms with van der Waals surface area (Å²) in [4.78, 5) is 40.6. The predicted molar refractivity (Wildman–Crippen MR) is 102 cm³/mol. The Morgan fingerprint density at radius 3 is 2.29 bits per heavy atom. The van der Waals surface area contributed by atoms with E-state index in [2.05, 4.69) is 10.2 Å². The van der Waals surface area contributed by atoms with Gasteiger partial charge in [-0.05, 0) is 50.2 Å². The molecular weight excluding hydrogens is 358 g/mol. The summed E-state index contributed by atoms with van der Waals surface area (Å²) in [7, 11) is 0. The van der Waals surface area contributed by atoms with E-state index in [1.165, 1.54) is 6.42 Å². The molecule has 2 aliphatic rings. The van der Waals surface area contributed by atoms with Gasteiger partial charge in [-0.2, -0.15) is 0 Å². The van der Waals surface area contributed by atoms with Crippen LogP contribution in [0.2, 0.25) is 0 Å². The fraction of sp³-hybridized carbons (Fsp3) is 0.381. The number of nitrogens with zero attached hydrogens (tertiary/aromatic N) is 2. The summed E-state index contributed by atoms with van der Waals surface area (Å²) in [5.74, 6) is -0.394. The second kappa shape index (κ2) is 7.98. The van der Waals surface area contributed by atoms with Gasteiger partial charge in [0.25, 0.3) is 11.8 Å². The third-order valence-corrected chi connectivity index (χ3v) is 5.38. The Kier molecular flexibility index (Phi) is 5.25. The van der Waals surface area contributed by atoms with Crippen LogP contribution in [0.5, 0.6) is 0 Å². The molecule has 0 radical (unpaired) electrons. The number of amides is 3. The first-order valence-electron chi connectivity index (χ1n) is 9.64. The highest BCUT2D eigenvalue weighted by atomic mass is 16.3. The maximum atomic E-state index is 12.5.